The van der Waals surface area contributed by atoms with Crippen molar-refractivity contribution in [1.82, 2.24) is 5.32 Å². The molecule has 0 amide bonds. The predicted molar refractivity (Wildman–Crippen MR) is 72.8 cm³/mol. The monoisotopic (exact) mass is 261 g/mol. The standard InChI is InChI=1S/C13H27NO2S/c1-7-17(15,16)9-10(2)14-8-11-12(3,4)13(11,5)6/h10-11,14H,7-9H2,1-6H3. The van der Waals surface area contributed by atoms with Gasteiger partial charge in [-0.3, -0.25) is 0 Å². The number of rotatable bonds is 6. The average molecular weight is 261 g/mol. The lowest BCUT2D eigenvalue weighted by molar-refractivity contribution is 0.457. The van der Waals surface area contributed by atoms with Crippen LogP contribution in [0.15, 0.2) is 0 Å². The minimum Gasteiger partial charge on any atom is -0.313 e. The second-order valence-corrected chi connectivity index (χ2v) is 8.90. The summed E-state index contributed by atoms with van der Waals surface area (Å²) in [6.07, 6.45) is 0. The van der Waals surface area contributed by atoms with Crippen LogP contribution in [0.25, 0.3) is 0 Å². The zero-order valence-electron chi connectivity index (χ0n) is 12.0. The van der Waals surface area contributed by atoms with Gasteiger partial charge in [0.2, 0.25) is 0 Å². The summed E-state index contributed by atoms with van der Waals surface area (Å²) in [5.41, 5.74) is 0.729. The van der Waals surface area contributed by atoms with Gasteiger partial charge in [-0.15, -0.1) is 0 Å². The molecule has 1 aliphatic rings. The maximum atomic E-state index is 11.5. The Bertz CT molecular complexity index is 357. The average Bonchev–Trinajstić information content (AvgIpc) is 2.54. The van der Waals surface area contributed by atoms with E-state index in [9.17, 15) is 8.42 Å². The van der Waals surface area contributed by atoms with Crippen molar-refractivity contribution in [2.24, 2.45) is 16.7 Å². The van der Waals surface area contributed by atoms with Gasteiger partial charge in [-0.2, -0.15) is 0 Å². The van der Waals surface area contributed by atoms with Crippen LogP contribution in [0, 0.1) is 16.7 Å². The van der Waals surface area contributed by atoms with Gasteiger partial charge in [-0.05, 0) is 30.2 Å². The molecule has 0 radical (unpaired) electrons. The molecule has 0 heterocycles. The fraction of sp³-hybridized carbons (Fsp3) is 1.00. The van der Waals surface area contributed by atoms with Crippen molar-refractivity contribution in [2.45, 2.75) is 47.6 Å². The Morgan fingerprint density at radius 3 is 2.00 bits per heavy atom. The van der Waals surface area contributed by atoms with Crippen molar-refractivity contribution < 1.29 is 8.42 Å². The highest BCUT2D eigenvalue weighted by Gasteiger charge is 2.63. The molecule has 0 aliphatic heterocycles. The van der Waals surface area contributed by atoms with E-state index in [4.69, 9.17) is 0 Å². The second-order valence-electron chi connectivity index (χ2n) is 6.50. The van der Waals surface area contributed by atoms with Gasteiger partial charge in [-0.25, -0.2) is 8.42 Å². The van der Waals surface area contributed by atoms with Crippen LogP contribution in [0.5, 0.6) is 0 Å². The Kier molecular flexibility index (Phi) is 4.00. The highest BCUT2D eigenvalue weighted by atomic mass is 32.2. The second kappa shape index (κ2) is 4.54. The summed E-state index contributed by atoms with van der Waals surface area (Å²) < 4.78 is 23.0. The van der Waals surface area contributed by atoms with Crippen molar-refractivity contribution in [2.75, 3.05) is 18.1 Å². The van der Waals surface area contributed by atoms with Gasteiger partial charge >= 0.3 is 0 Å². The first-order valence-corrected chi connectivity index (χ1v) is 8.30. The van der Waals surface area contributed by atoms with Crippen LogP contribution in [0.4, 0.5) is 0 Å². The van der Waals surface area contributed by atoms with E-state index in [1.54, 1.807) is 6.92 Å². The Balaban J connectivity index is 2.39. The molecule has 17 heavy (non-hydrogen) atoms. The molecule has 102 valence electrons. The number of nitrogens with one attached hydrogen (secondary N) is 1. The summed E-state index contributed by atoms with van der Waals surface area (Å²) in [6, 6.07) is 0.0483. The van der Waals surface area contributed by atoms with Crippen LogP contribution in [0.1, 0.15) is 41.5 Å². The summed E-state index contributed by atoms with van der Waals surface area (Å²) in [7, 11) is -2.87. The van der Waals surface area contributed by atoms with Crippen molar-refractivity contribution in [3.05, 3.63) is 0 Å². The fourth-order valence-electron chi connectivity index (χ4n) is 2.72. The molecule has 0 bridgehead atoms. The Morgan fingerprint density at radius 2 is 1.65 bits per heavy atom. The quantitative estimate of drug-likeness (QED) is 0.796. The predicted octanol–water partition coefficient (Wildman–Crippen LogP) is 2.08. The summed E-state index contributed by atoms with van der Waals surface area (Å²) in [6.45, 7) is 13.7. The normalized spacial score (nSPS) is 24.6. The SMILES string of the molecule is CCS(=O)(=O)CC(C)NCC1C(C)(C)C1(C)C. The molecular weight excluding hydrogens is 234 g/mol. The molecule has 1 N–H and O–H groups in total. The van der Waals surface area contributed by atoms with Crippen molar-refractivity contribution >= 4 is 9.84 Å². The van der Waals surface area contributed by atoms with Gasteiger partial charge in [0.25, 0.3) is 0 Å². The zero-order valence-corrected chi connectivity index (χ0v) is 12.8. The molecule has 0 aromatic carbocycles. The number of hydrogen-bond acceptors (Lipinski definition) is 3. The van der Waals surface area contributed by atoms with Crippen LogP contribution >= 0.6 is 0 Å². The Labute approximate surface area is 106 Å². The minimum atomic E-state index is -2.87. The van der Waals surface area contributed by atoms with E-state index in [1.165, 1.54) is 0 Å². The van der Waals surface area contributed by atoms with Crippen LogP contribution < -0.4 is 5.32 Å². The summed E-state index contributed by atoms with van der Waals surface area (Å²) in [4.78, 5) is 0. The third kappa shape index (κ3) is 3.02. The first-order valence-electron chi connectivity index (χ1n) is 6.48. The molecule has 1 rings (SSSR count). The molecule has 0 spiro atoms. The van der Waals surface area contributed by atoms with Crippen LogP contribution in [-0.2, 0) is 9.84 Å². The highest BCUT2D eigenvalue weighted by molar-refractivity contribution is 7.91. The first kappa shape index (κ1) is 15.0. The lowest BCUT2D eigenvalue weighted by atomic mass is 10.0. The van der Waals surface area contributed by atoms with Crippen LogP contribution in [0.2, 0.25) is 0 Å². The third-order valence-electron chi connectivity index (χ3n) is 4.93. The van der Waals surface area contributed by atoms with E-state index in [-0.39, 0.29) is 17.5 Å². The maximum absolute atomic E-state index is 11.5. The fourth-order valence-corrected chi connectivity index (χ4v) is 3.84. The van der Waals surface area contributed by atoms with Gasteiger partial charge in [0.15, 0.2) is 9.84 Å². The molecule has 0 aromatic heterocycles. The zero-order chi connectivity index (χ0) is 13.5. The maximum Gasteiger partial charge on any atom is 0.151 e. The smallest absolute Gasteiger partial charge is 0.151 e. The molecule has 0 aromatic rings. The molecule has 1 saturated carbocycles. The molecule has 1 atom stereocenters. The Hall–Kier alpha value is -0.0900. The first-order chi connectivity index (χ1) is 7.54. The van der Waals surface area contributed by atoms with Gasteiger partial charge in [0.1, 0.15) is 0 Å². The molecule has 1 aliphatic carbocycles. The van der Waals surface area contributed by atoms with Gasteiger partial charge in [0.05, 0.1) is 5.75 Å². The molecular formula is C13H27NO2S. The summed E-state index contributed by atoms with van der Waals surface area (Å²) in [5, 5.41) is 3.37. The van der Waals surface area contributed by atoms with Crippen molar-refractivity contribution in [1.29, 1.82) is 0 Å². The van der Waals surface area contributed by atoms with Gasteiger partial charge in [-0.1, -0.05) is 34.6 Å². The third-order valence-corrected chi connectivity index (χ3v) is 6.82. The van der Waals surface area contributed by atoms with E-state index >= 15 is 0 Å². The Morgan fingerprint density at radius 1 is 1.18 bits per heavy atom. The summed E-state index contributed by atoms with van der Waals surface area (Å²) in [5.74, 6) is 1.12. The topological polar surface area (TPSA) is 46.2 Å². The van der Waals surface area contributed by atoms with Crippen molar-refractivity contribution in [3.63, 3.8) is 0 Å². The van der Waals surface area contributed by atoms with E-state index in [0.29, 0.717) is 16.7 Å². The van der Waals surface area contributed by atoms with Crippen LogP contribution in [0.3, 0.4) is 0 Å². The lowest BCUT2D eigenvalue weighted by Crippen LogP contribution is -2.35. The molecule has 4 heteroatoms. The molecule has 1 fully saturated rings. The van der Waals surface area contributed by atoms with Crippen LogP contribution in [-0.4, -0.2) is 32.5 Å². The van der Waals surface area contributed by atoms with Gasteiger partial charge in [0, 0.05) is 11.8 Å². The number of hydrogen-bond donors (Lipinski definition) is 1. The lowest BCUT2D eigenvalue weighted by Gasteiger charge is -2.14. The van der Waals surface area contributed by atoms with Gasteiger partial charge < -0.3 is 5.32 Å². The van der Waals surface area contributed by atoms with E-state index in [1.807, 2.05) is 6.92 Å². The molecule has 1 unspecified atom stereocenters. The largest absolute Gasteiger partial charge is 0.313 e. The number of sulfone groups is 1. The molecule has 0 saturated heterocycles. The van der Waals surface area contributed by atoms with E-state index < -0.39 is 9.84 Å². The highest BCUT2D eigenvalue weighted by Crippen LogP contribution is 2.67. The van der Waals surface area contributed by atoms with E-state index in [2.05, 4.69) is 33.0 Å². The molecule has 3 nitrogen and oxygen atoms in total. The van der Waals surface area contributed by atoms with Crippen molar-refractivity contribution in [3.8, 4) is 0 Å². The summed E-state index contributed by atoms with van der Waals surface area (Å²) >= 11 is 0. The van der Waals surface area contributed by atoms with E-state index in [0.717, 1.165) is 6.54 Å². The minimum absolute atomic E-state index is 0.0483.